The molecule has 6 heteroatoms. The molecule has 0 aliphatic carbocycles. The molecule has 0 aromatic carbocycles. The van der Waals surface area contributed by atoms with Gasteiger partial charge in [-0.15, -0.1) is 11.3 Å². The number of anilines is 2. The van der Waals surface area contributed by atoms with Gasteiger partial charge in [0.1, 0.15) is 10.8 Å². The first-order valence-electron chi connectivity index (χ1n) is 6.37. The van der Waals surface area contributed by atoms with Crippen molar-refractivity contribution < 1.29 is 0 Å². The molecule has 0 radical (unpaired) electrons. The van der Waals surface area contributed by atoms with Crippen LogP contribution in [0.3, 0.4) is 0 Å². The van der Waals surface area contributed by atoms with Crippen molar-refractivity contribution in [3.8, 4) is 0 Å². The van der Waals surface area contributed by atoms with Crippen molar-refractivity contribution in [1.29, 1.82) is 0 Å². The fourth-order valence-corrected chi connectivity index (χ4v) is 2.51. The molecule has 2 N–H and O–H groups in total. The van der Waals surface area contributed by atoms with Crippen molar-refractivity contribution in [2.45, 2.75) is 33.7 Å². The van der Waals surface area contributed by atoms with E-state index in [2.05, 4.69) is 39.4 Å². The summed E-state index contributed by atoms with van der Waals surface area (Å²) in [6.07, 6.45) is 1.90. The third-order valence-corrected chi connectivity index (χ3v) is 3.66. The lowest BCUT2D eigenvalue weighted by atomic mass is 10.3. The van der Waals surface area contributed by atoms with E-state index in [-0.39, 0.29) is 6.04 Å². The number of thiazole rings is 1. The number of aryl methyl sites for hydroxylation is 2. The normalized spacial score (nSPS) is 12.2. The maximum atomic E-state index is 4.44. The minimum atomic E-state index is 0.141. The van der Waals surface area contributed by atoms with Crippen molar-refractivity contribution in [3.63, 3.8) is 0 Å². The van der Waals surface area contributed by atoms with Gasteiger partial charge in [0.05, 0.1) is 6.04 Å². The standard InChI is InChI=1S/C13H19N5S/c1-5-14-13-16-8(2)6-11(18-13)17-10(4)12-15-7-9(3)19-12/h6-7,10H,5H2,1-4H3,(H2,14,16,17,18). The van der Waals surface area contributed by atoms with E-state index in [0.717, 1.165) is 23.1 Å². The van der Waals surface area contributed by atoms with Crippen molar-refractivity contribution in [3.05, 3.63) is 27.8 Å². The molecule has 2 aromatic heterocycles. The fraction of sp³-hybridized carbons (Fsp3) is 0.462. The van der Waals surface area contributed by atoms with E-state index in [1.54, 1.807) is 11.3 Å². The van der Waals surface area contributed by atoms with Gasteiger partial charge in [0.25, 0.3) is 0 Å². The molecule has 5 nitrogen and oxygen atoms in total. The molecule has 1 atom stereocenters. The van der Waals surface area contributed by atoms with Crippen molar-refractivity contribution >= 4 is 23.1 Å². The third kappa shape index (κ3) is 3.64. The molecule has 0 spiro atoms. The second-order valence-corrected chi connectivity index (χ2v) is 5.69. The highest BCUT2D eigenvalue weighted by Crippen LogP contribution is 2.23. The highest BCUT2D eigenvalue weighted by atomic mass is 32.1. The predicted octanol–water partition coefficient (Wildman–Crippen LogP) is 3.15. The topological polar surface area (TPSA) is 62.7 Å². The summed E-state index contributed by atoms with van der Waals surface area (Å²) in [4.78, 5) is 14.4. The number of nitrogens with one attached hydrogen (secondary N) is 2. The lowest BCUT2D eigenvalue weighted by Gasteiger charge is -2.13. The molecule has 0 bridgehead atoms. The summed E-state index contributed by atoms with van der Waals surface area (Å²) in [5.41, 5.74) is 0.941. The Kier molecular flexibility index (Phi) is 4.31. The quantitative estimate of drug-likeness (QED) is 0.879. The number of rotatable bonds is 5. The van der Waals surface area contributed by atoms with Crippen LogP contribution < -0.4 is 10.6 Å². The number of hydrogen-bond acceptors (Lipinski definition) is 6. The summed E-state index contributed by atoms with van der Waals surface area (Å²) in [6.45, 7) is 8.95. The van der Waals surface area contributed by atoms with E-state index in [1.807, 2.05) is 26.1 Å². The molecule has 2 heterocycles. The highest BCUT2D eigenvalue weighted by molar-refractivity contribution is 7.11. The van der Waals surface area contributed by atoms with Crippen LogP contribution in [0.2, 0.25) is 0 Å². The Morgan fingerprint density at radius 3 is 2.74 bits per heavy atom. The zero-order valence-electron chi connectivity index (χ0n) is 11.7. The number of aromatic nitrogens is 3. The molecular formula is C13H19N5S. The third-order valence-electron chi connectivity index (χ3n) is 2.56. The van der Waals surface area contributed by atoms with Crippen LogP contribution in [0.15, 0.2) is 12.3 Å². The molecule has 0 amide bonds. The molecule has 0 fully saturated rings. The maximum absolute atomic E-state index is 4.44. The molecule has 1 unspecified atom stereocenters. The van der Waals surface area contributed by atoms with Crippen molar-refractivity contribution in [2.24, 2.45) is 0 Å². The van der Waals surface area contributed by atoms with E-state index >= 15 is 0 Å². The molecule has 102 valence electrons. The van der Waals surface area contributed by atoms with Crippen LogP contribution >= 0.6 is 11.3 Å². The van der Waals surface area contributed by atoms with E-state index in [0.29, 0.717) is 5.95 Å². The molecular weight excluding hydrogens is 258 g/mol. The van der Waals surface area contributed by atoms with Gasteiger partial charge in [0, 0.05) is 29.4 Å². The van der Waals surface area contributed by atoms with Gasteiger partial charge in [-0.25, -0.2) is 9.97 Å². The minimum Gasteiger partial charge on any atom is -0.361 e. The summed E-state index contributed by atoms with van der Waals surface area (Å²) in [7, 11) is 0. The Hall–Kier alpha value is -1.69. The first-order valence-corrected chi connectivity index (χ1v) is 7.18. The highest BCUT2D eigenvalue weighted by Gasteiger charge is 2.11. The van der Waals surface area contributed by atoms with Gasteiger partial charge >= 0.3 is 0 Å². The first kappa shape index (κ1) is 13.7. The molecule has 0 aliphatic rings. The van der Waals surface area contributed by atoms with Crippen molar-refractivity contribution in [1.82, 2.24) is 15.0 Å². The average Bonchev–Trinajstić information content (AvgIpc) is 2.75. The van der Waals surface area contributed by atoms with E-state index in [4.69, 9.17) is 0 Å². The summed E-state index contributed by atoms with van der Waals surface area (Å²) < 4.78 is 0. The Bertz CT molecular complexity index is 552. The Morgan fingerprint density at radius 2 is 2.11 bits per heavy atom. The van der Waals surface area contributed by atoms with Gasteiger partial charge in [-0.1, -0.05) is 0 Å². The molecule has 2 rings (SSSR count). The Balaban J connectivity index is 2.14. The molecule has 0 aliphatic heterocycles. The summed E-state index contributed by atoms with van der Waals surface area (Å²) in [5, 5.41) is 7.57. The van der Waals surface area contributed by atoms with Crippen LogP contribution in [-0.2, 0) is 0 Å². The first-order chi connectivity index (χ1) is 9.08. The Labute approximate surface area is 117 Å². The second-order valence-electron chi connectivity index (χ2n) is 4.42. The zero-order chi connectivity index (χ0) is 13.8. The van der Waals surface area contributed by atoms with Crippen LogP contribution in [0.25, 0.3) is 0 Å². The van der Waals surface area contributed by atoms with Crippen LogP contribution in [0.4, 0.5) is 11.8 Å². The van der Waals surface area contributed by atoms with Crippen molar-refractivity contribution in [2.75, 3.05) is 17.2 Å². The smallest absolute Gasteiger partial charge is 0.224 e. The molecule has 0 saturated carbocycles. The predicted molar refractivity (Wildman–Crippen MR) is 79.8 cm³/mol. The molecule has 2 aromatic rings. The lowest BCUT2D eigenvalue weighted by molar-refractivity contribution is 0.856. The van der Waals surface area contributed by atoms with Gasteiger partial charge < -0.3 is 10.6 Å². The van der Waals surface area contributed by atoms with Gasteiger partial charge in [-0.3, -0.25) is 0 Å². The van der Waals surface area contributed by atoms with Crippen LogP contribution in [-0.4, -0.2) is 21.5 Å². The molecule has 19 heavy (non-hydrogen) atoms. The zero-order valence-corrected chi connectivity index (χ0v) is 12.5. The van der Waals surface area contributed by atoms with Gasteiger partial charge in [0.2, 0.25) is 5.95 Å². The van der Waals surface area contributed by atoms with Gasteiger partial charge in [0.15, 0.2) is 0 Å². The second kappa shape index (κ2) is 5.97. The monoisotopic (exact) mass is 277 g/mol. The fourth-order valence-electron chi connectivity index (χ4n) is 1.74. The number of nitrogens with zero attached hydrogens (tertiary/aromatic N) is 3. The largest absolute Gasteiger partial charge is 0.361 e. The van der Waals surface area contributed by atoms with E-state index in [9.17, 15) is 0 Å². The maximum Gasteiger partial charge on any atom is 0.224 e. The van der Waals surface area contributed by atoms with E-state index < -0.39 is 0 Å². The molecule has 0 saturated heterocycles. The van der Waals surface area contributed by atoms with Crippen LogP contribution in [0, 0.1) is 13.8 Å². The summed E-state index contributed by atoms with van der Waals surface area (Å²) in [6, 6.07) is 2.08. The van der Waals surface area contributed by atoms with Crippen LogP contribution in [0.5, 0.6) is 0 Å². The summed E-state index contributed by atoms with van der Waals surface area (Å²) >= 11 is 1.70. The average molecular weight is 277 g/mol. The van der Waals surface area contributed by atoms with Gasteiger partial charge in [-0.2, -0.15) is 4.98 Å². The van der Waals surface area contributed by atoms with Crippen LogP contribution in [0.1, 0.15) is 35.5 Å². The lowest BCUT2D eigenvalue weighted by Crippen LogP contribution is -2.10. The minimum absolute atomic E-state index is 0.141. The van der Waals surface area contributed by atoms with Gasteiger partial charge in [-0.05, 0) is 27.7 Å². The SMILES string of the molecule is CCNc1nc(C)cc(NC(C)c2ncc(C)s2)n1. The van der Waals surface area contributed by atoms with E-state index in [1.165, 1.54) is 4.88 Å². The number of hydrogen-bond donors (Lipinski definition) is 2. The summed E-state index contributed by atoms with van der Waals surface area (Å²) in [5.74, 6) is 1.48. The Morgan fingerprint density at radius 1 is 1.32 bits per heavy atom.